The number of anilines is 2. The molecule has 250 valence electrons. The lowest BCUT2D eigenvalue weighted by molar-refractivity contribution is -0.118. The van der Waals surface area contributed by atoms with E-state index in [4.69, 9.17) is 9.47 Å². The molecule has 1 aromatic carbocycles. The third kappa shape index (κ3) is 8.02. The van der Waals surface area contributed by atoms with Gasteiger partial charge >= 0.3 is 0 Å². The van der Waals surface area contributed by atoms with Crippen molar-refractivity contribution in [3.8, 4) is 11.5 Å². The van der Waals surface area contributed by atoms with Crippen molar-refractivity contribution in [2.75, 3.05) is 44.0 Å². The number of hydrogen-bond acceptors (Lipinski definition) is 7. The van der Waals surface area contributed by atoms with E-state index in [-0.39, 0.29) is 36.8 Å². The van der Waals surface area contributed by atoms with Crippen molar-refractivity contribution < 1.29 is 28.7 Å². The Morgan fingerprint density at radius 2 is 1.64 bits per heavy atom. The highest BCUT2D eigenvalue weighted by Crippen LogP contribution is 2.35. The fourth-order valence-corrected chi connectivity index (χ4v) is 5.95. The summed E-state index contributed by atoms with van der Waals surface area (Å²) in [5.74, 6) is 0.485. The summed E-state index contributed by atoms with van der Waals surface area (Å²) in [6.07, 6.45) is 10.6. The van der Waals surface area contributed by atoms with E-state index in [2.05, 4.69) is 15.6 Å². The number of aryl methyl sites for hydroxylation is 3. The number of carbonyl (C=O) groups is 4. The molecular weight excluding hydrogens is 602 g/mol. The molecule has 4 amide bonds. The van der Waals surface area contributed by atoms with Crippen molar-refractivity contribution in [3.05, 3.63) is 53.6 Å². The Kier molecular flexibility index (Phi) is 10.6. The molecule has 3 aromatic rings. The van der Waals surface area contributed by atoms with Crippen LogP contribution in [0.5, 0.6) is 11.5 Å². The number of rotatable bonds is 13. The van der Waals surface area contributed by atoms with E-state index >= 15 is 0 Å². The van der Waals surface area contributed by atoms with Gasteiger partial charge in [-0.05, 0) is 62.8 Å². The summed E-state index contributed by atoms with van der Waals surface area (Å²) in [6, 6.07) is 6.95. The van der Waals surface area contributed by atoms with Crippen LogP contribution in [0, 0.1) is 6.92 Å². The van der Waals surface area contributed by atoms with Gasteiger partial charge in [0.1, 0.15) is 11.4 Å². The van der Waals surface area contributed by atoms with Gasteiger partial charge in [0.15, 0.2) is 11.5 Å². The zero-order valence-electron chi connectivity index (χ0n) is 27.5. The van der Waals surface area contributed by atoms with Crippen LogP contribution in [0.4, 0.5) is 17.1 Å². The third-order valence-electron chi connectivity index (χ3n) is 8.55. The first-order valence-electron chi connectivity index (χ1n) is 16.0. The number of ether oxygens (including phenoxy) is 2. The Balaban J connectivity index is 1.11. The molecule has 0 bridgehead atoms. The van der Waals surface area contributed by atoms with Gasteiger partial charge in [-0.1, -0.05) is 0 Å². The highest BCUT2D eigenvalue weighted by atomic mass is 16.5. The lowest BCUT2D eigenvalue weighted by atomic mass is 10.1. The lowest BCUT2D eigenvalue weighted by Gasteiger charge is -2.16. The van der Waals surface area contributed by atoms with E-state index in [0.29, 0.717) is 40.7 Å². The van der Waals surface area contributed by atoms with Crippen molar-refractivity contribution in [3.63, 3.8) is 0 Å². The molecule has 13 heteroatoms. The number of benzene rings is 1. The van der Waals surface area contributed by atoms with Gasteiger partial charge in [0.2, 0.25) is 12.3 Å². The second-order valence-electron chi connectivity index (χ2n) is 12.0. The molecule has 2 aliphatic rings. The van der Waals surface area contributed by atoms with Crippen molar-refractivity contribution >= 4 is 47.4 Å². The fourth-order valence-electron chi connectivity index (χ4n) is 5.95. The van der Waals surface area contributed by atoms with E-state index in [9.17, 15) is 19.2 Å². The Hall–Kier alpha value is -5.07. The first-order valence-corrected chi connectivity index (χ1v) is 16.0. The predicted molar refractivity (Wildman–Crippen MR) is 179 cm³/mol. The van der Waals surface area contributed by atoms with Gasteiger partial charge in [0, 0.05) is 64.8 Å². The SMILES string of the molecule is COc1cc(C)c(N=CC2CCCN2C=O)cc1OCCCC(=O)Nc1cc(C(=O)Nc2cc(C(=O)N3CCCC3)n(C)c2)n(C)c1. The van der Waals surface area contributed by atoms with E-state index in [1.54, 1.807) is 66.0 Å². The zero-order chi connectivity index (χ0) is 33.5. The number of aliphatic imine (C=N–C) groups is 1. The molecule has 0 spiro atoms. The minimum Gasteiger partial charge on any atom is -0.493 e. The Labute approximate surface area is 274 Å². The molecule has 1 unspecified atom stereocenters. The highest BCUT2D eigenvalue weighted by molar-refractivity contribution is 6.05. The summed E-state index contributed by atoms with van der Waals surface area (Å²) >= 11 is 0. The molecule has 2 aromatic heterocycles. The van der Waals surface area contributed by atoms with Gasteiger partial charge in [-0.15, -0.1) is 0 Å². The smallest absolute Gasteiger partial charge is 0.272 e. The second kappa shape index (κ2) is 15.0. The number of amides is 4. The molecular formula is C34H43N7O6. The Bertz CT molecular complexity index is 1650. The molecule has 47 heavy (non-hydrogen) atoms. The number of hydrogen-bond donors (Lipinski definition) is 2. The van der Waals surface area contributed by atoms with Crippen LogP contribution in [0.2, 0.25) is 0 Å². The fraction of sp³-hybridized carbons (Fsp3) is 0.441. The van der Waals surface area contributed by atoms with Gasteiger partial charge < -0.3 is 39.0 Å². The number of likely N-dealkylation sites (tertiary alicyclic amines) is 2. The van der Waals surface area contributed by atoms with Crippen LogP contribution in [0.1, 0.15) is 65.1 Å². The summed E-state index contributed by atoms with van der Waals surface area (Å²) < 4.78 is 14.8. The summed E-state index contributed by atoms with van der Waals surface area (Å²) in [6.45, 7) is 4.45. The van der Waals surface area contributed by atoms with Crippen LogP contribution >= 0.6 is 0 Å². The first kappa shape index (κ1) is 33.3. The van der Waals surface area contributed by atoms with Gasteiger partial charge in [-0.2, -0.15) is 0 Å². The van der Waals surface area contributed by atoms with Crippen molar-refractivity contribution in [2.45, 2.75) is 51.5 Å². The number of nitrogens with one attached hydrogen (secondary N) is 2. The predicted octanol–water partition coefficient (Wildman–Crippen LogP) is 4.29. The molecule has 2 aliphatic heterocycles. The van der Waals surface area contributed by atoms with Crippen LogP contribution in [-0.4, -0.2) is 88.7 Å². The lowest BCUT2D eigenvalue weighted by Crippen LogP contribution is -2.29. The molecule has 0 aliphatic carbocycles. The molecule has 13 nitrogen and oxygen atoms in total. The molecule has 5 rings (SSSR count). The van der Waals surface area contributed by atoms with Crippen LogP contribution in [0.25, 0.3) is 0 Å². The monoisotopic (exact) mass is 645 g/mol. The largest absolute Gasteiger partial charge is 0.493 e. The van der Waals surface area contributed by atoms with Crippen LogP contribution in [0.15, 0.2) is 41.7 Å². The van der Waals surface area contributed by atoms with Gasteiger partial charge in [-0.3, -0.25) is 24.2 Å². The summed E-state index contributed by atoms with van der Waals surface area (Å²) in [7, 11) is 5.08. The standard InChI is InChI=1S/C34H43N7O6/c1-23-15-30(46-4)31(18-27(23)35-19-26-9-7-13-41(26)22-42)47-14-8-10-32(43)36-24-16-28(38(2)20-24)33(44)37-25-17-29(39(3)21-25)34(45)40-11-5-6-12-40/h15-22,26H,5-14H2,1-4H3,(H,36,43)(H,37,44). The van der Waals surface area contributed by atoms with E-state index in [0.717, 1.165) is 63.0 Å². The summed E-state index contributed by atoms with van der Waals surface area (Å²) in [5.41, 5.74) is 3.54. The Morgan fingerprint density at radius 1 is 0.936 bits per heavy atom. The minimum absolute atomic E-state index is 0.0135. The average Bonchev–Trinajstić information content (AvgIpc) is 3.86. The summed E-state index contributed by atoms with van der Waals surface area (Å²) in [4.78, 5) is 58.1. The third-order valence-corrected chi connectivity index (χ3v) is 8.55. The van der Waals surface area contributed by atoms with Gasteiger partial charge in [0.25, 0.3) is 11.8 Å². The molecule has 0 radical (unpaired) electrons. The molecule has 2 N–H and O–H groups in total. The van der Waals surface area contributed by atoms with E-state index in [1.165, 1.54) is 0 Å². The van der Waals surface area contributed by atoms with Crippen molar-refractivity contribution in [1.29, 1.82) is 0 Å². The number of methoxy groups -OCH3 is 1. The molecule has 2 saturated heterocycles. The summed E-state index contributed by atoms with van der Waals surface area (Å²) in [5, 5.41) is 5.71. The van der Waals surface area contributed by atoms with Crippen LogP contribution < -0.4 is 20.1 Å². The van der Waals surface area contributed by atoms with E-state index in [1.807, 2.05) is 24.0 Å². The maximum Gasteiger partial charge on any atom is 0.272 e. The van der Waals surface area contributed by atoms with Crippen molar-refractivity contribution in [2.24, 2.45) is 19.1 Å². The molecule has 1 atom stereocenters. The maximum atomic E-state index is 13.1. The molecule has 2 fully saturated rings. The zero-order valence-corrected chi connectivity index (χ0v) is 27.5. The van der Waals surface area contributed by atoms with Crippen LogP contribution in [-0.2, 0) is 23.7 Å². The average molecular weight is 646 g/mol. The minimum atomic E-state index is -0.354. The Morgan fingerprint density at radius 3 is 2.36 bits per heavy atom. The molecule has 0 saturated carbocycles. The second-order valence-corrected chi connectivity index (χ2v) is 12.0. The number of carbonyl (C=O) groups excluding carboxylic acids is 4. The normalized spacial score (nSPS) is 16.1. The number of nitrogens with zero attached hydrogens (tertiary/aromatic N) is 5. The maximum absolute atomic E-state index is 13.1. The molecule has 4 heterocycles. The quantitative estimate of drug-likeness (QED) is 0.162. The highest BCUT2D eigenvalue weighted by Gasteiger charge is 2.24. The van der Waals surface area contributed by atoms with Crippen molar-refractivity contribution in [1.82, 2.24) is 18.9 Å². The van der Waals surface area contributed by atoms with E-state index < -0.39 is 0 Å². The number of aromatic nitrogens is 2. The van der Waals surface area contributed by atoms with Gasteiger partial charge in [-0.25, -0.2) is 0 Å². The van der Waals surface area contributed by atoms with Crippen LogP contribution in [0.3, 0.4) is 0 Å². The first-order chi connectivity index (χ1) is 22.7. The van der Waals surface area contributed by atoms with Gasteiger partial charge in [0.05, 0.1) is 36.8 Å². The topological polar surface area (TPSA) is 140 Å².